The Balaban J connectivity index is 1.92. The van der Waals surface area contributed by atoms with Gasteiger partial charge in [-0.25, -0.2) is 4.79 Å². The van der Waals surface area contributed by atoms with E-state index >= 15 is 0 Å². The second-order valence-electron chi connectivity index (χ2n) is 5.68. The van der Waals surface area contributed by atoms with Crippen LogP contribution >= 0.6 is 11.6 Å². The first kappa shape index (κ1) is 21.6. The minimum atomic E-state index is -4.66. The molecule has 2 aromatic rings. The lowest BCUT2D eigenvalue weighted by atomic mass is 10.2. The fourth-order valence-electron chi connectivity index (χ4n) is 2.21. The van der Waals surface area contributed by atoms with Gasteiger partial charge < -0.3 is 14.8 Å². The molecule has 0 heterocycles. The fraction of sp³-hybridized carbons (Fsp3) is 0.263. The number of ether oxygens (including phenoxy) is 2. The van der Waals surface area contributed by atoms with Gasteiger partial charge >= 0.3 is 12.1 Å². The summed E-state index contributed by atoms with van der Waals surface area (Å²) in [4.78, 5) is 24.0. The number of carbonyl (C=O) groups is 2. The van der Waals surface area contributed by atoms with E-state index in [4.69, 9.17) is 21.1 Å². The SMILES string of the molecule is CC[C@@H](Oc1ccccc1)C(=O)OCC(=O)Nc1ccc(Cl)c(C(F)(F)F)c1. The van der Waals surface area contributed by atoms with Crippen LogP contribution in [0.3, 0.4) is 0 Å². The van der Waals surface area contributed by atoms with Crippen LogP contribution in [0.15, 0.2) is 48.5 Å². The van der Waals surface area contributed by atoms with E-state index < -0.39 is 41.3 Å². The van der Waals surface area contributed by atoms with E-state index in [9.17, 15) is 22.8 Å². The van der Waals surface area contributed by atoms with E-state index in [1.165, 1.54) is 6.07 Å². The second kappa shape index (κ2) is 9.45. The number of alkyl halides is 3. The molecule has 150 valence electrons. The minimum absolute atomic E-state index is 0.120. The van der Waals surface area contributed by atoms with Gasteiger partial charge in [-0.2, -0.15) is 13.2 Å². The largest absolute Gasteiger partial charge is 0.479 e. The Hall–Kier alpha value is -2.74. The summed E-state index contributed by atoms with van der Waals surface area (Å²) in [6.45, 7) is 1.04. The summed E-state index contributed by atoms with van der Waals surface area (Å²) in [6.07, 6.45) is -5.27. The highest BCUT2D eigenvalue weighted by Gasteiger charge is 2.33. The van der Waals surface area contributed by atoms with Crippen LogP contribution in [0.1, 0.15) is 18.9 Å². The summed E-state index contributed by atoms with van der Waals surface area (Å²) >= 11 is 5.52. The molecule has 0 spiro atoms. The van der Waals surface area contributed by atoms with Gasteiger partial charge in [0.05, 0.1) is 10.6 Å². The van der Waals surface area contributed by atoms with Crippen molar-refractivity contribution in [1.82, 2.24) is 0 Å². The van der Waals surface area contributed by atoms with Crippen LogP contribution in [0.5, 0.6) is 5.75 Å². The Labute approximate surface area is 164 Å². The van der Waals surface area contributed by atoms with Gasteiger partial charge in [0.1, 0.15) is 5.75 Å². The maximum absolute atomic E-state index is 12.8. The molecule has 0 aliphatic rings. The minimum Gasteiger partial charge on any atom is -0.479 e. The van der Waals surface area contributed by atoms with Gasteiger partial charge in [-0.15, -0.1) is 0 Å². The van der Waals surface area contributed by atoms with Crippen molar-refractivity contribution in [2.75, 3.05) is 11.9 Å². The lowest BCUT2D eigenvalue weighted by Gasteiger charge is -2.16. The maximum atomic E-state index is 12.8. The number of nitrogens with one attached hydrogen (secondary N) is 1. The summed E-state index contributed by atoms with van der Waals surface area (Å²) in [7, 11) is 0. The first-order valence-electron chi connectivity index (χ1n) is 8.25. The topological polar surface area (TPSA) is 64.6 Å². The zero-order chi connectivity index (χ0) is 20.7. The number of amides is 1. The first-order valence-corrected chi connectivity index (χ1v) is 8.63. The molecule has 2 rings (SSSR count). The molecule has 0 aliphatic heterocycles. The van der Waals surface area contributed by atoms with E-state index in [0.29, 0.717) is 18.2 Å². The summed E-state index contributed by atoms with van der Waals surface area (Å²) in [5.41, 5.74) is -1.20. The van der Waals surface area contributed by atoms with Crippen LogP contribution in [0.25, 0.3) is 0 Å². The van der Waals surface area contributed by atoms with Crippen molar-refractivity contribution in [2.45, 2.75) is 25.6 Å². The van der Waals surface area contributed by atoms with E-state index in [1.54, 1.807) is 37.3 Å². The average molecular weight is 416 g/mol. The summed E-state index contributed by atoms with van der Waals surface area (Å²) in [5, 5.41) is 1.74. The zero-order valence-corrected chi connectivity index (χ0v) is 15.5. The molecule has 9 heteroatoms. The van der Waals surface area contributed by atoms with Crippen molar-refractivity contribution >= 4 is 29.2 Å². The van der Waals surface area contributed by atoms with E-state index in [0.717, 1.165) is 6.07 Å². The molecule has 0 aliphatic carbocycles. The highest BCUT2D eigenvalue weighted by Crippen LogP contribution is 2.36. The molecular formula is C19H17ClF3NO4. The molecule has 0 unspecified atom stereocenters. The average Bonchev–Trinajstić information content (AvgIpc) is 2.65. The molecule has 0 bridgehead atoms. The first-order chi connectivity index (χ1) is 13.2. The van der Waals surface area contributed by atoms with Crippen LogP contribution in [-0.4, -0.2) is 24.6 Å². The van der Waals surface area contributed by atoms with Gasteiger partial charge in [-0.05, 0) is 36.8 Å². The highest BCUT2D eigenvalue weighted by atomic mass is 35.5. The van der Waals surface area contributed by atoms with Gasteiger partial charge in [-0.3, -0.25) is 4.79 Å². The summed E-state index contributed by atoms with van der Waals surface area (Å²) < 4.78 is 48.9. The number of anilines is 1. The highest BCUT2D eigenvalue weighted by molar-refractivity contribution is 6.31. The Morgan fingerprint density at radius 2 is 1.82 bits per heavy atom. The molecule has 1 N–H and O–H groups in total. The van der Waals surface area contributed by atoms with E-state index in [-0.39, 0.29) is 5.69 Å². The van der Waals surface area contributed by atoms with Gasteiger partial charge in [0.25, 0.3) is 5.91 Å². The number of benzene rings is 2. The third-order valence-electron chi connectivity index (χ3n) is 3.56. The predicted molar refractivity (Wildman–Crippen MR) is 97.2 cm³/mol. The molecule has 1 atom stereocenters. The van der Waals surface area contributed by atoms with Gasteiger partial charge in [-0.1, -0.05) is 36.7 Å². The quantitative estimate of drug-likeness (QED) is 0.666. The molecular weight excluding hydrogens is 399 g/mol. The number of hydrogen-bond acceptors (Lipinski definition) is 4. The Bertz CT molecular complexity index is 828. The maximum Gasteiger partial charge on any atom is 0.417 e. The molecule has 0 saturated heterocycles. The zero-order valence-electron chi connectivity index (χ0n) is 14.8. The predicted octanol–water partition coefficient (Wildman–Crippen LogP) is 4.70. The van der Waals surface area contributed by atoms with Gasteiger partial charge in [0.2, 0.25) is 0 Å². The lowest BCUT2D eigenvalue weighted by molar-refractivity contribution is -0.154. The Morgan fingerprint density at radius 3 is 2.43 bits per heavy atom. The Morgan fingerprint density at radius 1 is 1.14 bits per heavy atom. The molecule has 1 amide bonds. The number of rotatable bonds is 7. The number of para-hydroxylation sites is 1. The molecule has 28 heavy (non-hydrogen) atoms. The van der Waals surface area contributed by atoms with Crippen LogP contribution in [0, 0.1) is 0 Å². The normalized spacial score (nSPS) is 12.2. The molecule has 5 nitrogen and oxygen atoms in total. The standard InChI is InChI=1S/C19H17ClF3NO4/c1-2-16(28-13-6-4-3-5-7-13)18(26)27-11-17(25)24-12-8-9-15(20)14(10-12)19(21,22)23/h3-10,16H,2,11H2,1H3,(H,24,25)/t16-/m1/s1. The fourth-order valence-corrected chi connectivity index (χ4v) is 2.43. The van der Waals surface area contributed by atoms with Crippen molar-refractivity contribution in [2.24, 2.45) is 0 Å². The number of hydrogen-bond donors (Lipinski definition) is 1. The van der Waals surface area contributed by atoms with Gasteiger partial charge in [0, 0.05) is 5.69 Å². The molecule has 2 aromatic carbocycles. The second-order valence-corrected chi connectivity index (χ2v) is 6.08. The van der Waals surface area contributed by atoms with Crippen LogP contribution in [0.2, 0.25) is 5.02 Å². The van der Waals surface area contributed by atoms with Crippen molar-refractivity contribution in [3.05, 3.63) is 59.1 Å². The molecule has 0 saturated carbocycles. The number of halogens is 4. The van der Waals surface area contributed by atoms with Crippen LogP contribution in [-0.2, 0) is 20.5 Å². The third kappa shape index (κ3) is 6.16. The van der Waals surface area contributed by atoms with Crippen molar-refractivity contribution in [3.8, 4) is 5.75 Å². The smallest absolute Gasteiger partial charge is 0.417 e. The molecule has 0 radical (unpaired) electrons. The van der Waals surface area contributed by atoms with Gasteiger partial charge in [0.15, 0.2) is 12.7 Å². The van der Waals surface area contributed by atoms with Crippen LogP contribution < -0.4 is 10.1 Å². The van der Waals surface area contributed by atoms with Crippen LogP contribution in [0.4, 0.5) is 18.9 Å². The van der Waals surface area contributed by atoms with E-state index in [2.05, 4.69) is 5.32 Å². The van der Waals surface area contributed by atoms with Crippen molar-refractivity contribution in [3.63, 3.8) is 0 Å². The molecule has 0 aromatic heterocycles. The Kier molecular flexibility index (Phi) is 7.28. The summed E-state index contributed by atoms with van der Waals surface area (Å²) in [6, 6.07) is 11.5. The third-order valence-corrected chi connectivity index (χ3v) is 3.89. The lowest BCUT2D eigenvalue weighted by Crippen LogP contribution is -2.31. The van der Waals surface area contributed by atoms with Crippen molar-refractivity contribution < 1.29 is 32.2 Å². The summed E-state index contributed by atoms with van der Waals surface area (Å²) in [5.74, 6) is -1.08. The monoisotopic (exact) mass is 415 g/mol. The molecule has 0 fully saturated rings. The van der Waals surface area contributed by atoms with E-state index in [1.807, 2.05) is 0 Å². The van der Waals surface area contributed by atoms with Crippen molar-refractivity contribution in [1.29, 1.82) is 0 Å². The number of esters is 1. The number of carbonyl (C=O) groups excluding carboxylic acids is 2.